The first kappa shape index (κ1) is 19.4. The van der Waals surface area contributed by atoms with Gasteiger partial charge in [0.25, 0.3) is 11.8 Å². The topological polar surface area (TPSA) is 84.4 Å². The molecule has 7 nitrogen and oxygen atoms in total. The monoisotopic (exact) mass is 394 g/mol. The molecule has 0 radical (unpaired) electrons. The fraction of sp³-hybridized carbons (Fsp3) is 0.455. The Morgan fingerprint density at radius 1 is 1.10 bits per heavy atom. The minimum atomic E-state index is -0.203. The average molecular weight is 394 g/mol. The molecule has 3 heterocycles. The van der Waals surface area contributed by atoms with E-state index in [4.69, 9.17) is 4.74 Å². The zero-order chi connectivity index (χ0) is 20.5. The maximum Gasteiger partial charge on any atom is 0.271 e. The molecular weight excluding hydrogens is 368 g/mol. The Kier molecular flexibility index (Phi) is 5.22. The lowest BCUT2D eigenvalue weighted by atomic mass is 9.95. The van der Waals surface area contributed by atoms with Crippen molar-refractivity contribution in [3.05, 3.63) is 53.1 Å². The number of carbonyl (C=O) groups is 2. The molecule has 7 heteroatoms. The van der Waals surface area contributed by atoms with Crippen molar-refractivity contribution < 1.29 is 14.3 Å². The van der Waals surface area contributed by atoms with E-state index in [1.165, 1.54) is 6.20 Å². The number of piperidine rings is 1. The van der Waals surface area contributed by atoms with E-state index in [1.807, 2.05) is 36.9 Å². The maximum absolute atomic E-state index is 13.3. The molecule has 152 valence electrons. The van der Waals surface area contributed by atoms with E-state index in [0.29, 0.717) is 11.3 Å². The molecule has 3 atom stereocenters. The van der Waals surface area contributed by atoms with Crippen LogP contribution in [-0.2, 0) is 0 Å². The molecule has 1 aromatic heterocycles. The molecule has 29 heavy (non-hydrogen) atoms. The number of aryl methyl sites for hydroxylation is 1. The van der Waals surface area contributed by atoms with E-state index in [-0.39, 0.29) is 29.9 Å². The highest BCUT2D eigenvalue weighted by atomic mass is 16.5. The SMILES string of the molecule is COc1cccc(C(=O)N2[C@@H]3CC[C@H]2CC(NC(=O)c2cnc(C)cn2)C3)c1C. The Balaban J connectivity index is 1.46. The Hall–Kier alpha value is -2.96. The molecule has 2 saturated heterocycles. The van der Waals surface area contributed by atoms with Gasteiger partial charge in [0.05, 0.1) is 19.0 Å². The number of amides is 2. The summed E-state index contributed by atoms with van der Waals surface area (Å²) >= 11 is 0. The van der Waals surface area contributed by atoms with Gasteiger partial charge in [-0.2, -0.15) is 0 Å². The summed E-state index contributed by atoms with van der Waals surface area (Å²) in [5, 5.41) is 3.08. The predicted molar refractivity (Wildman–Crippen MR) is 108 cm³/mol. The second kappa shape index (κ2) is 7.81. The van der Waals surface area contributed by atoms with Gasteiger partial charge in [-0.1, -0.05) is 6.07 Å². The number of ether oxygens (including phenoxy) is 1. The minimum absolute atomic E-state index is 0.0403. The number of fused-ring (bicyclic) bond motifs is 2. The number of methoxy groups -OCH3 is 1. The quantitative estimate of drug-likeness (QED) is 0.862. The molecule has 1 aromatic carbocycles. The first-order chi connectivity index (χ1) is 14.0. The zero-order valence-electron chi connectivity index (χ0n) is 17.0. The molecule has 2 aromatic rings. The van der Waals surface area contributed by atoms with Gasteiger partial charge >= 0.3 is 0 Å². The summed E-state index contributed by atoms with van der Waals surface area (Å²) in [5.41, 5.74) is 2.67. The van der Waals surface area contributed by atoms with E-state index >= 15 is 0 Å². The van der Waals surface area contributed by atoms with Crippen molar-refractivity contribution in [2.75, 3.05) is 7.11 Å². The lowest BCUT2D eigenvalue weighted by Gasteiger charge is -2.39. The summed E-state index contributed by atoms with van der Waals surface area (Å²) in [6.45, 7) is 3.76. The van der Waals surface area contributed by atoms with Crippen LogP contribution in [0.2, 0.25) is 0 Å². The summed E-state index contributed by atoms with van der Waals surface area (Å²) in [4.78, 5) is 36.1. The van der Waals surface area contributed by atoms with Gasteiger partial charge in [0, 0.05) is 35.4 Å². The molecule has 0 spiro atoms. The summed E-state index contributed by atoms with van der Waals surface area (Å²) < 4.78 is 5.37. The molecular formula is C22H26N4O3. The first-order valence-corrected chi connectivity index (χ1v) is 10.0. The van der Waals surface area contributed by atoms with Gasteiger partial charge in [0.1, 0.15) is 11.4 Å². The van der Waals surface area contributed by atoms with Gasteiger partial charge in [-0.25, -0.2) is 4.98 Å². The molecule has 2 fully saturated rings. The minimum Gasteiger partial charge on any atom is -0.496 e. The number of nitrogens with one attached hydrogen (secondary N) is 1. The van der Waals surface area contributed by atoms with Crippen LogP contribution in [0.25, 0.3) is 0 Å². The van der Waals surface area contributed by atoms with E-state index in [2.05, 4.69) is 15.3 Å². The van der Waals surface area contributed by atoms with Crippen molar-refractivity contribution in [2.45, 2.75) is 57.7 Å². The Morgan fingerprint density at radius 3 is 2.45 bits per heavy atom. The zero-order valence-corrected chi connectivity index (χ0v) is 17.0. The van der Waals surface area contributed by atoms with Crippen LogP contribution in [0.3, 0.4) is 0 Å². The Morgan fingerprint density at radius 2 is 1.83 bits per heavy atom. The lowest BCUT2D eigenvalue weighted by molar-refractivity contribution is 0.0548. The molecule has 2 aliphatic heterocycles. The van der Waals surface area contributed by atoms with Crippen LogP contribution < -0.4 is 10.1 Å². The van der Waals surface area contributed by atoms with Gasteiger partial charge in [0.15, 0.2) is 0 Å². The van der Waals surface area contributed by atoms with Crippen LogP contribution >= 0.6 is 0 Å². The number of nitrogens with zero attached hydrogens (tertiary/aromatic N) is 3. The molecule has 1 unspecified atom stereocenters. The highest BCUT2D eigenvalue weighted by Gasteiger charge is 2.44. The fourth-order valence-electron chi connectivity index (χ4n) is 4.60. The molecule has 2 bridgehead atoms. The summed E-state index contributed by atoms with van der Waals surface area (Å²) in [6.07, 6.45) is 6.55. The van der Waals surface area contributed by atoms with E-state index in [1.54, 1.807) is 13.3 Å². The fourth-order valence-corrected chi connectivity index (χ4v) is 4.60. The van der Waals surface area contributed by atoms with Crippen LogP contribution in [0.4, 0.5) is 0 Å². The van der Waals surface area contributed by atoms with E-state index in [0.717, 1.165) is 42.7 Å². The van der Waals surface area contributed by atoms with Crippen molar-refractivity contribution in [3.63, 3.8) is 0 Å². The predicted octanol–water partition coefficient (Wildman–Crippen LogP) is 2.67. The van der Waals surface area contributed by atoms with Crippen LogP contribution in [0.5, 0.6) is 5.75 Å². The highest BCUT2D eigenvalue weighted by Crippen LogP contribution is 2.37. The van der Waals surface area contributed by atoms with Crippen molar-refractivity contribution in [1.82, 2.24) is 20.2 Å². The van der Waals surface area contributed by atoms with E-state index in [9.17, 15) is 9.59 Å². The Labute approximate surface area is 170 Å². The van der Waals surface area contributed by atoms with Gasteiger partial charge in [-0.05, 0) is 51.7 Å². The second-order valence-corrected chi connectivity index (χ2v) is 7.92. The molecule has 0 aliphatic carbocycles. The third kappa shape index (κ3) is 3.69. The summed E-state index contributed by atoms with van der Waals surface area (Å²) in [5.74, 6) is 0.581. The standard InChI is InChI=1S/C22H26N4O3/c1-13-11-24-19(12-23-13)21(27)25-15-9-16-7-8-17(10-15)26(16)22(28)18-5-4-6-20(29-3)14(18)2/h4-6,11-12,15-17H,7-10H2,1-3H3,(H,25,27)/t15?,16-,17+. The number of carbonyl (C=O) groups excluding carboxylic acids is 2. The number of hydrogen-bond acceptors (Lipinski definition) is 5. The summed E-state index contributed by atoms with van der Waals surface area (Å²) in [7, 11) is 1.62. The molecule has 1 N–H and O–H groups in total. The van der Waals surface area contributed by atoms with Gasteiger partial charge in [0.2, 0.25) is 0 Å². The van der Waals surface area contributed by atoms with Crippen LogP contribution in [-0.4, -0.2) is 51.9 Å². The average Bonchev–Trinajstić information content (AvgIpc) is 2.98. The number of hydrogen-bond donors (Lipinski definition) is 1. The van der Waals surface area contributed by atoms with Crippen LogP contribution in [0.1, 0.15) is 57.8 Å². The number of aromatic nitrogens is 2. The van der Waals surface area contributed by atoms with Gasteiger partial charge in [-0.15, -0.1) is 0 Å². The van der Waals surface area contributed by atoms with Crippen molar-refractivity contribution in [1.29, 1.82) is 0 Å². The third-order valence-corrected chi connectivity index (χ3v) is 6.05. The third-order valence-electron chi connectivity index (χ3n) is 6.05. The van der Waals surface area contributed by atoms with Crippen LogP contribution in [0, 0.1) is 13.8 Å². The first-order valence-electron chi connectivity index (χ1n) is 10.0. The second-order valence-electron chi connectivity index (χ2n) is 7.92. The van der Waals surface area contributed by atoms with Crippen LogP contribution in [0.15, 0.2) is 30.6 Å². The number of benzene rings is 1. The molecule has 0 saturated carbocycles. The van der Waals surface area contributed by atoms with Crippen molar-refractivity contribution in [2.24, 2.45) is 0 Å². The molecule has 2 amide bonds. The lowest BCUT2D eigenvalue weighted by Crippen LogP contribution is -2.52. The van der Waals surface area contributed by atoms with E-state index < -0.39 is 0 Å². The largest absolute Gasteiger partial charge is 0.496 e. The van der Waals surface area contributed by atoms with Gasteiger partial charge in [-0.3, -0.25) is 14.6 Å². The maximum atomic E-state index is 13.3. The molecule has 4 rings (SSSR count). The highest BCUT2D eigenvalue weighted by molar-refractivity contribution is 5.97. The van der Waals surface area contributed by atoms with Crippen molar-refractivity contribution >= 4 is 11.8 Å². The number of rotatable bonds is 4. The van der Waals surface area contributed by atoms with Crippen molar-refractivity contribution in [3.8, 4) is 5.75 Å². The van der Waals surface area contributed by atoms with Gasteiger partial charge < -0.3 is 15.0 Å². The smallest absolute Gasteiger partial charge is 0.271 e. The molecule has 2 aliphatic rings. The Bertz CT molecular complexity index is 914. The normalized spacial score (nSPS) is 23.0. The summed E-state index contributed by atoms with van der Waals surface area (Å²) in [6, 6.07) is 5.91.